The number of hydrogen-bond acceptors (Lipinski definition) is 6. The number of phosphoric acid groups is 1. The Morgan fingerprint density at radius 3 is 1.07 bits per heavy atom. The van der Waals surface area contributed by atoms with Crippen molar-refractivity contribution < 1.29 is 32.9 Å². The quantitative estimate of drug-likeness (QED) is 0.0272. The largest absolute Gasteiger partial charge is 0.756 e. The Bertz CT molecular complexity index is 1670. The van der Waals surface area contributed by atoms with Crippen molar-refractivity contribution in [2.24, 2.45) is 0 Å². The average Bonchev–Trinajstić information content (AvgIpc) is 3.50. The van der Waals surface area contributed by atoms with Crippen molar-refractivity contribution in [1.82, 2.24) is 5.32 Å². The van der Waals surface area contributed by atoms with Crippen LogP contribution in [0.2, 0.25) is 0 Å². The molecule has 0 fully saturated rings. The maximum absolute atomic E-state index is 13.0. The molecular weight excluding hydrogens is 1040 g/mol. The number of carbonyl (C=O) groups excluding carboxylic acids is 1. The second-order valence-electron chi connectivity index (χ2n) is 24.9. The minimum Gasteiger partial charge on any atom is -0.756 e. The summed E-state index contributed by atoms with van der Waals surface area (Å²) in [6.45, 7) is 4.55. The van der Waals surface area contributed by atoms with Crippen molar-refractivity contribution in [3.63, 3.8) is 0 Å². The topological polar surface area (TPSA) is 108 Å². The fraction of sp³-hybridized carbons (Fsp3) is 0.770. The minimum absolute atomic E-state index is 0.00770. The molecule has 0 aromatic heterocycles. The van der Waals surface area contributed by atoms with Crippen LogP contribution in [-0.4, -0.2) is 68.5 Å². The number of nitrogens with one attached hydrogen (secondary N) is 1. The van der Waals surface area contributed by atoms with E-state index in [2.05, 4.69) is 104 Å². The summed E-state index contributed by atoms with van der Waals surface area (Å²) in [7, 11) is 1.25. The molecule has 0 aliphatic heterocycles. The van der Waals surface area contributed by atoms with E-state index in [1.807, 2.05) is 27.2 Å². The number of carbonyl (C=O) groups is 1. The van der Waals surface area contributed by atoms with Gasteiger partial charge in [-0.2, -0.15) is 0 Å². The lowest BCUT2D eigenvalue weighted by Gasteiger charge is -2.29. The van der Waals surface area contributed by atoms with Gasteiger partial charge in [0, 0.05) is 6.42 Å². The van der Waals surface area contributed by atoms with Gasteiger partial charge in [0.15, 0.2) is 0 Å². The maximum atomic E-state index is 13.0. The van der Waals surface area contributed by atoms with Gasteiger partial charge in [-0.3, -0.25) is 9.36 Å². The molecule has 83 heavy (non-hydrogen) atoms. The minimum atomic E-state index is -4.61. The number of rotatable bonds is 64. The van der Waals surface area contributed by atoms with Gasteiger partial charge in [0.05, 0.1) is 39.9 Å². The number of aliphatic hydroxyl groups excluding tert-OH is 1. The summed E-state index contributed by atoms with van der Waals surface area (Å²) in [6.07, 6.45) is 92.4. The van der Waals surface area contributed by atoms with Crippen LogP contribution in [0.1, 0.15) is 316 Å². The molecule has 0 rings (SSSR count). The molecule has 8 nitrogen and oxygen atoms in total. The van der Waals surface area contributed by atoms with E-state index in [-0.39, 0.29) is 19.1 Å². The summed E-state index contributed by atoms with van der Waals surface area (Å²) in [5.74, 6) is -0.209. The van der Waals surface area contributed by atoms with E-state index in [1.54, 1.807) is 6.08 Å². The van der Waals surface area contributed by atoms with Crippen LogP contribution in [0.5, 0.6) is 0 Å². The van der Waals surface area contributed by atoms with Crippen LogP contribution in [0.4, 0.5) is 0 Å². The van der Waals surface area contributed by atoms with Crippen molar-refractivity contribution in [2.45, 2.75) is 328 Å². The molecule has 482 valence electrons. The normalized spacial score (nSPS) is 14.3. The van der Waals surface area contributed by atoms with E-state index in [9.17, 15) is 19.4 Å². The van der Waals surface area contributed by atoms with E-state index in [0.717, 1.165) is 96.3 Å². The number of quaternary nitrogens is 1. The molecule has 2 N–H and O–H groups in total. The number of aliphatic hydroxyl groups is 1. The summed E-state index contributed by atoms with van der Waals surface area (Å²) in [5.41, 5.74) is 0. The number of amides is 1. The summed E-state index contributed by atoms with van der Waals surface area (Å²) < 4.78 is 23.5. The summed E-state index contributed by atoms with van der Waals surface area (Å²) in [5, 5.41) is 14.0. The molecule has 0 bridgehead atoms. The molecule has 3 unspecified atom stereocenters. The number of allylic oxidation sites excluding steroid dienone is 15. The van der Waals surface area contributed by atoms with Crippen molar-refractivity contribution >= 4 is 13.7 Å². The van der Waals surface area contributed by atoms with Gasteiger partial charge < -0.3 is 28.8 Å². The van der Waals surface area contributed by atoms with Crippen LogP contribution < -0.4 is 10.2 Å². The van der Waals surface area contributed by atoms with Gasteiger partial charge in [-0.25, -0.2) is 0 Å². The van der Waals surface area contributed by atoms with E-state index >= 15 is 0 Å². The van der Waals surface area contributed by atoms with Crippen molar-refractivity contribution in [3.05, 3.63) is 97.2 Å². The summed E-state index contributed by atoms with van der Waals surface area (Å²) in [6, 6.07) is -0.902. The van der Waals surface area contributed by atoms with Crippen LogP contribution in [-0.2, 0) is 18.4 Å². The average molecular weight is 1180 g/mol. The lowest BCUT2D eigenvalue weighted by molar-refractivity contribution is -0.870. The van der Waals surface area contributed by atoms with Gasteiger partial charge in [0.1, 0.15) is 13.2 Å². The highest BCUT2D eigenvalue weighted by Crippen LogP contribution is 2.38. The molecule has 0 radical (unpaired) electrons. The summed E-state index contributed by atoms with van der Waals surface area (Å²) >= 11 is 0. The summed E-state index contributed by atoms with van der Waals surface area (Å²) in [4.78, 5) is 25.6. The van der Waals surface area contributed by atoms with Crippen molar-refractivity contribution in [1.29, 1.82) is 0 Å². The lowest BCUT2D eigenvalue weighted by atomic mass is 10.0. The number of likely N-dealkylation sites (N-methyl/N-ethyl adjacent to an activating group) is 1. The van der Waals surface area contributed by atoms with E-state index in [0.29, 0.717) is 17.4 Å². The Hall–Kier alpha value is -2.58. The van der Waals surface area contributed by atoms with Gasteiger partial charge in [0.2, 0.25) is 5.91 Å². The molecule has 0 spiro atoms. The molecule has 1 amide bonds. The van der Waals surface area contributed by atoms with Gasteiger partial charge in [-0.1, -0.05) is 329 Å². The van der Waals surface area contributed by atoms with Crippen LogP contribution in [0.15, 0.2) is 97.2 Å². The zero-order valence-corrected chi connectivity index (χ0v) is 56.0. The van der Waals surface area contributed by atoms with E-state index in [1.165, 1.54) is 199 Å². The van der Waals surface area contributed by atoms with Gasteiger partial charge in [0.25, 0.3) is 7.82 Å². The molecule has 0 aromatic carbocycles. The first-order chi connectivity index (χ1) is 40.5. The predicted molar refractivity (Wildman–Crippen MR) is 362 cm³/mol. The van der Waals surface area contributed by atoms with Crippen LogP contribution in [0, 0.1) is 0 Å². The van der Waals surface area contributed by atoms with Crippen LogP contribution >= 0.6 is 7.82 Å². The Labute approximate surface area is 515 Å². The Morgan fingerprint density at radius 1 is 0.434 bits per heavy atom. The van der Waals surface area contributed by atoms with Crippen LogP contribution in [0.25, 0.3) is 0 Å². The second-order valence-corrected chi connectivity index (χ2v) is 26.3. The monoisotopic (exact) mass is 1180 g/mol. The molecule has 0 heterocycles. The SMILES string of the molecule is CC/C=C\C/C=C\C/C=C\C/C=C\C/C=C\C/C=C\C/C=C\CCCCCCCCCC(=O)NC(COP(=O)([O-])OCC[N+](C)(C)C)C(O)/C=C/CCCCCCCCCCCCCCCCCCCCCCCCCCCCCCCC. The predicted octanol–water partition coefficient (Wildman–Crippen LogP) is 21.9. The fourth-order valence-corrected chi connectivity index (χ4v) is 10.9. The first kappa shape index (κ1) is 80.4. The highest BCUT2D eigenvalue weighted by molar-refractivity contribution is 7.45. The first-order valence-electron chi connectivity index (χ1n) is 35.1. The standard InChI is InChI=1S/C74H135N2O6P/c1-6-8-10-12-14-16-18-20-22-24-26-28-30-32-34-36-37-38-40-41-43-45-47-49-51-53-55-57-59-61-63-65-67-73(77)72(71-82-83(79,80)81-70-69-76(3,4)5)75-74(78)68-66-64-62-60-58-56-54-52-50-48-46-44-42-39-35-33-31-29-27-25-23-21-19-17-15-13-11-9-7-2/h9,11,15,17,21,23,27,29,33,35,42,44,48,50,65,67,72-73,77H,6-8,10,12-14,16,18-20,22,24-26,28,30-32,34,36-41,43,45-47,49,51-64,66,68-71H2,1-5H3,(H-,75,78,79,80)/b11-9-,17-15-,23-21-,29-27-,35-33-,44-42-,50-48-,67-65+. The zero-order valence-electron chi connectivity index (χ0n) is 55.1. The molecule has 0 aliphatic rings. The molecule has 3 atom stereocenters. The third-order valence-corrected chi connectivity index (χ3v) is 16.5. The number of phosphoric ester groups is 1. The molecule has 0 aliphatic carbocycles. The highest BCUT2D eigenvalue weighted by Gasteiger charge is 2.23. The molecule has 0 saturated carbocycles. The molecular formula is C74H135N2O6P. The van der Waals surface area contributed by atoms with E-state index in [4.69, 9.17) is 9.05 Å². The van der Waals surface area contributed by atoms with Crippen LogP contribution in [0.3, 0.4) is 0 Å². The smallest absolute Gasteiger partial charge is 0.268 e. The van der Waals surface area contributed by atoms with Gasteiger partial charge in [-0.05, 0) is 77.0 Å². The molecule has 9 heteroatoms. The number of hydrogen-bond donors (Lipinski definition) is 2. The van der Waals surface area contributed by atoms with Gasteiger partial charge >= 0.3 is 0 Å². The highest BCUT2D eigenvalue weighted by atomic mass is 31.2. The first-order valence-corrected chi connectivity index (χ1v) is 36.6. The number of nitrogens with zero attached hydrogens (tertiary/aromatic N) is 1. The Kier molecular flexibility index (Phi) is 61.9. The van der Waals surface area contributed by atoms with Crippen molar-refractivity contribution in [2.75, 3.05) is 40.9 Å². The molecule has 0 saturated heterocycles. The number of unbranched alkanes of at least 4 members (excludes halogenated alkanes) is 37. The third-order valence-electron chi connectivity index (χ3n) is 15.5. The fourth-order valence-electron chi connectivity index (χ4n) is 10.1. The Morgan fingerprint density at radius 2 is 0.735 bits per heavy atom. The van der Waals surface area contributed by atoms with Crippen molar-refractivity contribution in [3.8, 4) is 0 Å². The van der Waals surface area contributed by atoms with E-state index < -0.39 is 20.0 Å². The Balaban J connectivity index is 4.13. The van der Waals surface area contributed by atoms with Gasteiger partial charge in [-0.15, -0.1) is 0 Å². The maximum Gasteiger partial charge on any atom is 0.268 e. The lowest BCUT2D eigenvalue weighted by Crippen LogP contribution is -2.45. The molecule has 0 aromatic rings. The second kappa shape index (κ2) is 63.9. The zero-order chi connectivity index (χ0) is 60.5. The third kappa shape index (κ3) is 66.8.